The van der Waals surface area contributed by atoms with Crippen LogP contribution in [0.3, 0.4) is 0 Å². The Hall–Kier alpha value is -0.890. The predicted octanol–water partition coefficient (Wildman–Crippen LogP) is 3.03. The lowest BCUT2D eigenvalue weighted by molar-refractivity contribution is 0.442. The fourth-order valence-electron chi connectivity index (χ4n) is 1.82. The number of hydrogen-bond donors (Lipinski definition) is 1. The molecule has 0 aliphatic carbocycles. The van der Waals surface area contributed by atoms with Gasteiger partial charge in [-0.05, 0) is 44.4 Å². The number of hydrogen-bond acceptors (Lipinski definition) is 1. The quantitative estimate of drug-likeness (QED) is 0.771. The zero-order valence-electron chi connectivity index (χ0n) is 9.32. The Morgan fingerprint density at radius 1 is 1.36 bits per heavy atom. The maximum atomic E-state index is 13.7. The third-order valence-corrected chi connectivity index (χ3v) is 2.74. The minimum Gasteiger partial charge on any atom is -0.322 e. The first-order chi connectivity index (χ1) is 6.38. The summed E-state index contributed by atoms with van der Waals surface area (Å²) in [6, 6.07) is 3.52. The van der Waals surface area contributed by atoms with Crippen LogP contribution < -0.4 is 5.73 Å². The van der Waals surface area contributed by atoms with Crippen molar-refractivity contribution in [2.45, 2.75) is 39.7 Å². The molecule has 0 radical (unpaired) electrons. The van der Waals surface area contributed by atoms with Gasteiger partial charge < -0.3 is 5.73 Å². The van der Waals surface area contributed by atoms with Crippen LogP contribution in [-0.2, 0) is 5.54 Å². The van der Waals surface area contributed by atoms with E-state index in [0.717, 1.165) is 17.5 Å². The average molecular weight is 195 g/mol. The second kappa shape index (κ2) is 3.70. The average Bonchev–Trinajstić information content (AvgIpc) is 2.01. The normalized spacial score (nSPS) is 15.3. The SMILES string of the molecule is CCC(C)(N)c1c(C)cc(C)cc1F. The lowest BCUT2D eigenvalue weighted by Gasteiger charge is -2.26. The molecule has 1 aromatic carbocycles. The summed E-state index contributed by atoms with van der Waals surface area (Å²) < 4.78 is 13.7. The predicted molar refractivity (Wildman–Crippen MR) is 57.7 cm³/mol. The van der Waals surface area contributed by atoms with E-state index < -0.39 is 5.54 Å². The number of benzene rings is 1. The molecule has 0 spiro atoms. The van der Waals surface area contributed by atoms with Crippen LogP contribution in [0.15, 0.2) is 12.1 Å². The molecule has 0 amide bonds. The van der Waals surface area contributed by atoms with Crippen molar-refractivity contribution in [1.29, 1.82) is 0 Å². The molecule has 1 nitrogen and oxygen atoms in total. The molecule has 0 heterocycles. The first-order valence-corrected chi connectivity index (χ1v) is 4.94. The van der Waals surface area contributed by atoms with E-state index in [2.05, 4.69) is 0 Å². The van der Waals surface area contributed by atoms with Crippen LogP contribution in [-0.4, -0.2) is 0 Å². The van der Waals surface area contributed by atoms with Crippen molar-refractivity contribution >= 4 is 0 Å². The van der Waals surface area contributed by atoms with Gasteiger partial charge in [-0.25, -0.2) is 4.39 Å². The Balaban J connectivity index is 3.35. The zero-order valence-corrected chi connectivity index (χ0v) is 9.32. The van der Waals surface area contributed by atoms with Crippen molar-refractivity contribution in [3.05, 3.63) is 34.6 Å². The summed E-state index contributed by atoms with van der Waals surface area (Å²) >= 11 is 0. The highest BCUT2D eigenvalue weighted by Crippen LogP contribution is 2.28. The third kappa shape index (κ3) is 1.95. The summed E-state index contributed by atoms with van der Waals surface area (Å²) in [5.74, 6) is -0.186. The highest BCUT2D eigenvalue weighted by molar-refractivity contribution is 5.36. The zero-order chi connectivity index (χ0) is 10.9. The van der Waals surface area contributed by atoms with Gasteiger partial charge in [0.2, 0.25) is 0 Å². The minimum absolute atomic E-state index is 0.186. The number of rotatable bonds is 2. The van der Waals surface area contributed by atoms with Gasteiger partial charge in [-0.3, -0.25) is 0 Å². The molecule has 1 rings (SSSR count). The molecule has 2 N–H and O–H groups in total. The Morgan fingerprint density at radius 3 is 2.36 bits per heavy atom. The molecule has 0 aliphatic heterocycles. The monoisotopic (exact) mass is 195 g/mol. The van der Waals surface area contributed by atoms with Crippen molar-refractivity contribution in [1.82, 2.24) is 0 Å². The van der Waals surface area contributed by atoms with Gasteiger partial charge in [0, 0.05) is 11.1 Å². The Kier molecular flexibility index (Phi) is 2.95. The number of aryl methyl sites for hydroxylation is 2. The van der Waals surface area contributed by atoms with Crippen LogP contribution in [0.5, 0.6) is 0 Å². The van der Waals surface area contributed by atoms with Gasteiger partial charge in [-0.15, -0.1) is 0 Å². The Bertz CT molecular complexity index is 319. The molecule has 0 bridgehead atoms. The molecule has 14 heavy (non-hydrogen) atoms. The molecule has 0 fully saturated rings. The van der Waals surface area contributed by atoms with Crippen LogP contribution in [0, 0.1) is 19.7 Å². The second-order valence-electron chi connectivity index (χ2n) is 4.21. The maximum Gasteiger partial charge on any atom is 0.128 e. The van der Waals surface area contributed by atoms with Crippen LogP contribution in [0.25, 0.3) is 0 Å². The van der Waals surface area contributed by atoms with Gasteiger partial charge in [0.15, 0.2) is 0 Å². The summed E-state index contributed by atoms with van der Waals surface area (Å²) in [7, 11) is 0. The number of nitrogens with two attached hydrogens (primary N) is 1. The lowest BCUT2D eigenvalue weighted by Crippen LogP contribution is -2.34. The van der Waals surface area contributed by atoms with E-state index in [4.69, 9.17) is 5.73 Å². The molecule has 78 valence electrons. The van der Waals surface area contributed by atoms with Gasteiger partial charge >= 0.3 is 0 Å². The van der Waals surface area contributed by atoms with Crippen LogP contribution in [0.1, 0.15) is 37.0 Å². The highest BCUT2D eigenvalue weighted by atomic mass is 19.1. The summed E-state index contributed by atoms with van der Waals surface area (Å²) in [5.41, 5.74) is 8.01. The van der Waals surface area contributed by atoms with Crippen molar-refractivity contribution < 1.29 is 4.39 Å². The van der Waals surface area contributed by atoms with E-state index in [-0.39, 0.29) is 5.82 Å². The molecule has 1 aromatic rings. The second-order valence-corrected chi connectivity index (χ2v) is 4.21. The third-order valence-electron chi connectivity index (χ3n) is 2.74. The van der Waals surface area contributed by atoms with E-state index in [9.17, 15) is 4.39 Å². The van der Waals surface area contributed by atoms with Gasteiger partial charge in [-0.2, -0.15) is 0 Å². The molecule has 2 heteroatoms. The van der Waals surface area contributed by atoms with E-state index in [1.807, 2.05) is 33.8 Å². The molecule has 0 aromatic heterocycles. The summed E-state index contributed by atoms with van der Waals surface area (Å²) in [4.78, 5) is 0. The van der Waals surface area contributed by atoms with Gasteiger partial charge in [0.1, 0.15) is 5.82 Å². The fraction of sp³-hybridized carbons (Fsp3) is 0.500. The molecule has 1 unspecified atom stereocenters. The molecule has 0 saturated heterocycles. The lowest BCUT2D eigenvalue weighted by atomic mass is 9.86. The van der Waals surface area contributed by atoms with Crippen molar-refractivity contribution in [3.8, 4) is 0 Å². The van der Waals surface area contributed by atoms with Gasteiger partial charge in [0.25, 0.3) is 0 Å². The highest BCUT2D eigenvalue weighted by Gasteiger charge is 2.24. The molecular formula is C12H18FN. The first-order valence-electron chi connectivity index (χ1n) is 4.94. The topological polar surface area (TPSA) is 26.0 Å². The largest absolute Gasteiger partial charge is 0.322 e. The molecular weight excluding hydrogens is 177 g/mol. The van der Waals surface area contributed by atoms with E-state index in [1.165, 1.54) is 0 Å². The Labute approximate surface area is 85.1 Å². The van der Waals surface area contributed by atoms with Gasteiger partial charge in [-0.1, -0.05) is 13.0 Å². The maximum absolute atomic E-state index is 13.7. The van der Waals surface area contributed by atoms with E-state index in [1.54, 1.807) is 6.07 Å². The first kappa shape index (κ1) is 11.2. The number of halogens is 1. The molecule has 0 saturated carbocycles. The van der Waals surface area contributed by atoms with E-state index in [0.29, 0.717) is 5.56 Å². The minimum atomic E-state index is -0.568. The van der Waals surface area contributed by atoms with Crippen LogP contribution in [0.2, 0.25) is 0 Å². The molecule has 0 aliphatic rings. The van der Waals surface area contributed by atoms with Gasteiger partial charge in [0.05, 0.1) is 0 Å². The van der Waals surface area contributed by atoms with Crippen molar-refractivity contribution in [3.63, 3.8) is 0 Å². The Morgan fingerprint density at radius 2 is 1.93 bits per heavy atom. The summed E-state index contributed by atoms with van der Waals surface area (Å²) in [6.45, 7) is 7.64. The van der Waals surface area contributed by atoms with Crippen molar-refractivity contribution in [2.75, 3.05) is 0 Å². The smallest absolute Gasteiger partial charge is 0.128 e. The fourth-order valence-corrected chi connectivity index (χ4v) is 1.82. The standard InChI is InChI=1S/C12H18FN/c1-5-12(4,14)11-9(3)6-8(2)7-10(11)13/h6-7H,5,14H2,1-4H3. The summed E-state index contributed by atoms with van der Waals surface area (Å²) in [6.07, 6.45) is 0.730. The molecule has 1 atom stereocenters. The van der Waals surface area contributed by atoms with Crippen molar-refractivity contribution in [2.24, 2.45) is 5.73 Å². The summed E-state index contributed by atoms with van der Waals surface area (Å²) in [5, 5.41) is 0. The van der Waals surface area contributed by atoms with Crippen LogP contribution >= 0.6 is 0 Å². The van der Waals surface area contributed by atoms with E-state index >= 15 is 0 Å². The van der Waals surface area contributed by atoms with Crippen LogP contribution in [0.4, 0.5) is 4.39 Å².